The molecule has 0 saturated carbocycles. The van der Waals surface area contributed by atoms with Crippen LogP contribution in [-0.2, 0) is 30.6 Å². The number of nitrogens with one attached hydrogen (secondary N) is 1. The molecule has 1 amide bonds. The molecule has 2 heterocycles. The third kappa shape index (κ3) is 5.25. The monoisotopic (exact) mass is 386 g/mol. The fourth-order valence-electron chi connectivity index (χ4n) is 3.11. The summed E-state index contributed by atoms with van der Waals surface area (Å²) in [6.07, 6.45) is 4.07. The molecule has 146 valence electrons. The molecule has 0 aliphatic carbocycles. The van der Waals surface area contributed by atoms with E-state index < -0.39 is 0 Å². The molecule has 6 nitrogen and oxygen atoms in total. The van der Waals surface area contributed by atoms with Crippen molar-refractivity contribution in [3.63, 3.8) is 0 Å². The molecule has 4 rings (SSSR count). The maximum atomic E-state index is 12.1. The SMILES string of the molecule is O=C(CCc1nnc(CCc2ccccc2)o1)NCc1cnc2ccccc2c1. The first-order valence-corrected chi connectivity index (χ1v) is 9.72. The van der Waals surface area contributed by atoms with Gasteiger partial charge >= 0.3 is 0 Å². The van der Waals surface area contributed by atoms with Crippen LogP contribution in [0.1, 0.15) is 29.3 Å². The third-order valence-corrected chi connectivity index (χ3v) is 4.68. The Morgan fingerprint density at radius 3 is 2.48 bits per heavy atom. The molecule has 0 atom stereocenters. The molecule has 0 spiro atoms. The summed E-state index contributed by atoms with van der Waals surface area (Å²) in [6.45, 7) is 0.447. The summed E-state index contributed by atoms with van der Waals surface area (Å²) in [7, 11) is 0. The van der Waals surface area contributed by atoms with Gasteiger partial charge in [-0.05, 0) is 29.7 Å². The van der Waals surface area contributed by atoms with Gasteiger partial charge in [0.05, 0.1) is 5.52 Å². The molecule has 2 aromatic carbocycles. The van der Waals surface area contributed by atoms with E-state index in [1.54, 1.807) is 6.20 Å². The first-order valence-electron chi connectivity index (χ1n) is 9.72. The number of pyridine rings is 1. The van der Waals surface area contributed by atoms with Crippen LogP contribution in [0.25, 0.3) is 10.9 Å². The predicted octanol–water partition coefficient (Wildman–Crippen LogP) is 3.65. The van der Waals surface area contributed by atoms with E-state index in [2.05, 4.69) is 32.6 Å². The van der Waals surface area contributed by atoms with Crippen LogP contribution in [0.5, 0.6) is 0 Å². The van der Waals surface area contributed by atoms with Gasteiger partial charge in [0.2, 0.25) is 17.7 Å². The van der Waals surface area contributed by atoms with Crippen molar-refractivity contribution in [2.24, 2.45) is 0 Å². The number of aryl methyl sites for hydroxylation is 3. The van der Waals surface area contributed by atoms with E-state index in [0.717, 1.165) is 22.9 Å². The zero-order chi connectivity index (χ0) is 19.9. The van der Waals surface area contributed by atoms with E-state index in [1.807, 2.05) is 48.5 Å². The normalized spacial score (nSPS) is 10.9. The molecule has 4 aromatic rings. The minimum absolute atomic E-state index is 0.0535. The molecule has 6 heteroatoms. The lowest BCUT2D eigenvalue weighted by atomic mass is 10.1. The number of fused-ring (bicyclic) bond motifs is 1. The number of nitrogens with zero attached hydrogens (tertiary/aromatic N) is 3. The quantitative estimate of drug-likeness (QED) is 0.500. The van der Waals surface area contributed by atoms with Crippen LogP contribution in [0.3, 0.4) is 0 Å². The Balaban J connectivity index is 1.22. The fourth-order valence-corrected chi connectivity index (χ4v) is 3.11. The van der Waals surface area contributed by atoms with Crippen LogP contribution in [0.2, 0.25) is 0 Å². The zero-order valence-electron chi connectivity index (χ0n) is 16.0. The van der Waals surface area contributed by atoms with Gasteiger partial charge in [-0.15, -0.1) is 10.2 Å². The number of aromatic nitrogens is 3. The largest absolute Gasteiger partial charge is 0.425 e. The minimum atomic E-state index is -0.0535. The number of rotatable bonds is 8. The summed E-state index contributed by atoms with van der Waals surface area (Å²) >= 11 is 0. The second-order valence-electron chi connectivity index (χ2n) is 6.89. The standard InChI is InChI=1S/C23H22N4O2/c28-21(25-16-18-14-19-8-4-5-9-20(19)24-15-18)11-13-23-27-26-22(29-23)12-10-17-6-2-1-3-7-17/h1-9,14-15H,10-13,16H2,(H,25,28). The Morgan fingerprint density at radius 2 is 1.62 bits per heavy atom. The minimum Gasteiger partial charge on any atom is -0.425 e. The summed E-state index contributed by atoms with van der Waals surface area (Å²) in [6, 6.07) is 20.1. The Bertz CT molecular complexity index is 1090. The van der Waals surface area contributed by atoms with Gasteiger partial charge in [0.1, 0.15) is 0 Å². The summed E-state index contributed by atoms with van der Waals surface area (Å²) in [5, 5.41) is 12.1. The molecule has 1 N–H and O–H groups in total. The maximum Gasteiger partial charge on any atom is 0.220 e. The smallest absolute Gasteiger partial charge is 0.220 e. The second kappa shape index (κ2) is 9.10. The van der Waals surface area contributed by atoms with E-state index in [1.165, 1.54) is 5.56 Å². The molecule has 29 heavy (non-hydrogen) atoms. The van der Waals surface area contributed by atoms with Crippen LogP contribution >= 0.6 is 0 Å². The third-order valence-electron chi connectivity index (χ3n) is 4.68. The van der Waals surface area contributed by atoms with Gasteiger partial charge in [0.25, 0.3) is 0 Å². The summed E-state index contributed by atoms with van der Waals surface area (Å²) in [5.41, 5.74) is 3.15. The highest BCUT2D eigenvalue weighted by atomic mass is 16.4. The van der Waals surface area contributed by atoms with Crippen LogP contribution in [-0.4, -0.2) is 21.1 Å². The van der Waals surface area contributed by atoms with Crippen LogP contribution in [0.15, 0.2) is 71.3 Å². The Morgan fingerprint density at radius 1 is 0.862 bits per heavy atom. The van der Waals surface area contributed by atoms with Crippen molar-refractivity contribution in [1.82, 2.24) is 20.5 Å². The van der Waals surface area contributed by atoms with Gasteiger partial charge in [0, 0.05) is 37.4 Å². The molecular weight excluding hydrogens is 364 g/mol. The van der Waals surface area contributed by atoms with E-state index in [4.69, 9.17) is 4.42 Å². The van der Waals surface area contributed by atoms with Crippen molar-refractivity contribution in [2.75, 3.05) is 0 Å². The fraction of sp³-hybridized carbons (Fsp3) is 0.217. The Hall–Kier alpha value is -3.54. The first-order chi connectivity index (χ1) is 14.3. The second-order valence-corrected chi connectivity index (χ2v) is 6.89. The van der Waals surface area contributed by atoms with Gasteiger partial charge in [-0.25, -0.2) is 0 Å². The highest BCUT2D eigenvalue weighted by molar-refractivity contribution is 5.79. The number of amides is 1. The first kappa shape index (κ1) is 18.8. The molecule has 0 radical (unpaired) electrons. The van der Waals surface area contributed by atoms with Crippen LogP contribution in [0.4, 0.5) is 0 Å². The van der Waals surface area contributed by atoms with Crippen LogP contribution in [0, 0.1) is 0 Å². The highest BCUT2D eigenvalue weighted by Gasteiger charge is 2.09. The molecule has 2 aromatic heterocycles. The van der Waals surface area contributed by atoms with Crippen molar-refractivity contribution >= 4 is 16.8 Å². The van der Waals surface area contributed by atoms with Gasteiger partial charge in [-0.2, -0.15) is 0 Å². The molecule has 0 bridgehead atoms. The topological polar surface area (TPSA) is 80.9 Å². The van der Waals surface area contributed by atoms with Crippen molar-refractivity contribution in [2.45, 2.75) is 32.2 Å². The zero-order valence-corrected chi connectivity index (χ0v) is 16.0. The molecule has 0 aliphatic rings. The van der Waals surface area contributed by atoms with Crippen molar-refractivity contribution in [3.05, 3.63) is 89.8 Å². The lowest BCUT2D eigenvalue weighted by molar-refractivity contribution is -0.121. The average Bonchev–Trinajstić information content (AvgIpc) is 3.23. The average molecular weight is 386 g/mol. The predicted molar refractivity (Wildman–Crippen MR) is 110 cm³/mol. The number of hydrogen-bond donors (Lipinski definition) is 1. The number of carbonyl (C=O) groups excluding carboxylic acids is 1. The lowest BCUT2D eigenvalue weighted by Gasteiger charge is -2.05. The number of hydrogen-bond acceptors (Lipinski definition) is 5. The molecule has 0 aliphatic heterocycles. The van der Waals surface area contributed by atoms with Crippen molar-refractivity contribution in [3.8, 4) is 0 Å². The highest BCUT2D eigenvalue weighted by Crippen LogP contribution is 2.13. The summed E-state index contributed by atoms with van der Waals surface area (Å²) in [5.74, 6) is 1.05. The lowest BCUT2D eigenvalue weighted by Crippen LogP contribution is -2.23. The van der Waals surface area contributed by atoms with Crippen LogP contribution < -0.4 is 5.32 Å². The van der Waals surface area contributed by atoms with Crippen molar-refractivity contribution < 1.29 is 9.21 Å². The Kier molecular flexibility index (Phi) is 5.90. The number of para-hydroxylation sites is 1. The van der Waals surface area contributed by atoms with E-state index in [-0.39, 0.29) is 5.91 Å². The number of benzene rings is 2. The van der Waals surface area contributed by atoms with Gasteiger partial charge in [-0.1, -0.05) is 48.5 Å². The molecular formula is C23H22N4O2. The van der Waals surface area contributed by atoms with E-state index >= 15 is 0 Å². The molecule has 0 saturated heterocycles. The van der Waals surface area contributed by atoms with Gasteiger partial charge in [-0.3, -0.25) is 9.78 Å². The Labute approximate surface area is 169 Å². The van der Waals surface area contributed by atoms with Gasteiger partial charge in [0.15, 0.2) is 0 Å². The summed E-state index contributed by atoms with van der Waals surface area (Å²) < 4.78 is 5.65. The number of carbonyl (C=O) groups is 1. The van der Waals surface area contributed by atoms with E-state index in [9.17, 15) is 4.79 Å². The maximum absolute atomic E-state index is 12.1. The van der Waals surface area contributed by atoms with Gasteiger partial charge < -0.3 is 9.73 Å². The summed E-state index contributed by atoms with van der Waals surface area (Å²) in [4.78, 5) is 16.6. The van der Waals surface area contributed by atoms with Crippen molar-refractivity contribution in [1.29, 1.82) is 0 Å². The molecule has 0 unspecified atom stereocenters. The van der Waals surface area contributed by atoms with E-state index in [0.29, 0.717) is 37.6 Å². The molecule has 0 fully saturated rings.